The zero-order valence-corrected chi connectivity index (χ0v) is 10.7. The van der Waals surface area contributed by atoms with Crippen molar-refractivity contribution in [2.24, 2.45) is 5.92 Å². The molecule has 2 aliphatic rings. The van der Waals surface area contributed by atoms with Gasteiger partial charge in [0.1, 0.15) is 0 Å². The lowest BCUT2D eigenvalue weighted by molar-refractivity contribution is 0.369. The zero-order valence-electron chi connectivity index (χ0n) is 9.84. The molecule has 1 saturated heterocycles. The Bertz CT molecular complexity index is 158. The Balaban J connectivity index is 1.62. The molecule has 0 bridgehead atoms. The number of thioether (sulfide) groups is 1. The van der Waals surface area contributed by atoms with Gasteiger partial charge in [0.25, 0.3) is 0 Å². The molecule has 0 aromatic carbocycles. The van der Waals surface area contributed by atoms with Crippen molar-refractivity contribution in [2.75, 3.05) is 18.1 Å². The Labute approximate surface area is 98.8 Å². The van der Waals surface area contributed by atoms with E-state index in [-0.39, 0.29) is 0 Å². The molecule has 2 rings (SSSR count). The van der Waals surface area contributed by atoms with Gasteiger partial charge in [-0.1, -0.05) is 32.1 Å². The van der Waals surface area contributed by atoms with Crippen molar-refractivity contribution in [3.63, 3.8) is 0 Å². The average Bonchev–Trinajstić information content (AvgIpc) is 2.68. The molecule has 1 nitrogen and oxygen atoms in total. The van der Waals surface area contributed by atoms with Gasteiger partial charge in [-0.25, -0.2) is 0 Å². The van der Waals surface area contributed by atoms with Crippen molar-refractivity contribution >= 4 is 11.8 Å². The highest BCUT2D eigenvalue weighted by molar-refractivity contribution is 7.99. The predicted octanol–water partition coefficient (Wildman–Crippen LogP) is 3.44. The summed E-state index contributed by atoms with van der Waals surface area (Å²) in [6.07, 6.45) is 11.6. The van der Waals surface area contributed by atoms with Crippen molar-refractivity contribution in [3.8, 4) is 0 Å². The summed E-state index contributed by atoms with van der Waals surface area (Å²) in [6, 6.07) is 0.843. The van der Waals surface area contributed by atoms with Crippen molar-refractivity contribution in [2.45, 2.75) is 57.4 Å². The van der Waals surface area contributed by atoms with Crippen LogP contribution in [0.4, 0.5) is 0 Å². The highest BCUT2D eigenvalue weighted by atomic mass is 32.2. The average molecular weight is 227 g/mol. The number of rotatable bonds is 3. The fourth-order valence-electron chi connectivity index (χ4n) is 2.74. The quantitative estimate of drug-likeness (QED) is 0.792. The van der Waals surface area contributed by atoms with Crippen LogP contribution in [-0.4, -0.2) is 24.1 Å². The molecule has 15 heavy (non-hydrogen) atoms. The van der Waals surface area contributed by atoms with Crippen LogP contribution in [0.5, 0.6) is 0 Å². The Morgan fingerprint density at radius 2 is 1.67 bits per heavy atom. The molecule has 1 saturated carbocycles. The lowest BCUT2D eigenvalue weighted by Crippen LogP contribution is -2.33. The van der Waals surface area contributed by atoms with Crippen LogP contribution in [0.2, 0.25) is 0 Å². The first-order valence-corrected chi connectivity index (χ1v) is 7.92. The van der Waals surface area contributed by atoms with Crippen molar-refractivity contribution in [1.82, 2.24) is 5.32 Å². The van der Waals surface area contributed by atoms with Gasteiger partial charge in [0.15, 0.2) is 0 Å². The smallest absolute Gasteiger partial charge is 0.00671 e. The lowest BCUT2D eigenvalue weighted by atomic mass is 9.96. The molecule has 1 aliphatic carbocycles. The van der Waals surface area contributed by atoms with Crippen LogP contribution in [-0.2, 0) is 0 Å². The largest absolute Gasteiger partial charge is 0.314 e. The zero-order chi connectivity index (χ0) is 10.3. The van der Waals surface area contributed by atoms with E-state index in [0.717, 1.165) is 12.0 Å². The third kappa shape index (κ3) is 4.36. The van der Waals surface area contributed by atoms with Crippen LogP contribution in [0.3, 0.4) is 0 Å². The molecule has 88 valence electrons. The third-order valence-corrected chi connectivity index (χ3v) is 5.06. The van der Waals surface area contributed by atoms with Crippen LogP contribution in [0, 0.1) is 5.92 Å². The summed E-state index contributed by atoms with van der Waals surface area (Å²) in [5.41, 5.74) is 0. The maximum Gasteiger partial charge on any atom is 0.00671 e. The van der Waals surface area contributed by atoms with E-state index >= 15 is 0 Å². The lowest BCUT2D eigenvalue weighted by Gasteiger charge is -2.22. The van der Waals surface area contributed by atoms with Gasteiger partial charge < -0.3 is 5.32 Å². The summed E-state index contributed by atoms with van der Waals surface area (Å²) in [7, 11) is 0. The minimum atomic E-state index is 0.843. The van der Waals surface area contributed by atoms with Crippen LogP contribution in [0.25, 0.3) is 0 Å². The van der Waals surface area contributed by atoms with Crippen molar-refractivity contribution in [1.29, 1.82) is 0 Å². The fraction of sp³-hybridized carbons (Fsp3) is 1.00. The molecule has 1 atom stereocenters. The number of hydrogen-bond acceptors (Lipinski definition) is 2. The van der Waals surface area contributed by atoms with E-state index in [4.69, 9.17) is 0 Å². The topological polar surface area (TPSA) is 12.0 Å². The molecule has 0 amide bonds. The van der Waals surface area contributed by atoms with E-state index in [1.807, 2.05) is 0 Å². The van der Waals surface area contributed by atoms with E-state index < -0.39 is 0 Å². The van der Waals surface area contributed by atoms with Gasteiger partial charge >= 0.3 is 0 Å². The Morgan fingerprint density at radius 3 is 2.33 bits per heavy atom. The van der Waals surface area contributed by atoms with Crippen LogP contribution in [0.1, 0.15) is 51.4 Å². The van der Waals surface area contributed by atoms with Gasteiger partial charge in [0, 0.05) is 6.04 Å². The van der Waals surface area contributed by atoms with Crippen LogP contribution < -0.4 is 5.32 Å². The standard InChI is InChI=1S/C13H25NS/c1-2-4-6-13(7-5-3-1)14-10-12-8-9-15-11-12/h12-14H,1-11H2. The summed E-state index contributed by atoms with van der Waals surface area (Å²) in [5.74, 6) is 3.77. The van der Waals surface area contributed by atoms with E-state index in [9.17, 15) is 0 Å². The summed E-state index contributed by atoms with van der Waals surface area (Å²) < 4.78 is 0. The summed E-state index contributed by atoms with van der Waals surface area (Å²) in [6.45, 7) is 1.29. The van der Waals surface area contributed by atoms with Gasteiger partial charge in [0.05, 0.1) is 0 Å². The highest BCUT2D eigenvalue weighted by Crippen LogP contribution is 2.23. The third-order valence-electron chi connectivity index (χ3n) is 3.82. The molecule has 0 aromatic heterocycles. The molecule has 0 radical (unpaired) electrons. The maximum absolute atomic E-state index is 3.82. The monoisotopic (exact) mass is 227 g/mol. The second kappa shape index (κ2) is 6.80. The van der Waals surface area contributed by atoms with E-state index in [2.05, 4.69) is 17.1 Å². The number of nitrogens with one attached hydrogen (secondary N) is 1. The Kier molecular flexibility index (Phi) is 5.34. The molecule has 1 heterocycles. The van der Waals surface area contributed by atoms with Crippen LogP contribution in [0.15, 0.2) is 0 Å². The van der Waals surface area contributed by atoms with E-state index in [1.165, 1.54) is 69.4 Å². The molecule has 1 aliphatic heterocycles. The van der Waals surface area contributed by atoms with Gasteiger partial charge in [-0.3, -0.25) is 0 Å². The summed E-state index contributed by atoms with van der Waals surface area (Å²) in [4.78, 5) is 0. The molecule has 2 fully saturated rings. The van der Waals surface area contributed by atoms with Crippen molar-refractivity contribution < 1.29 is 0 Å². The van der Waals surface area contributed by atoms with E-state index in [1.54, 1.807) is 0 Å². The first-order chi connectivity index (χ1) is 7.45. The summed E-state index contributed by atoms with van der Waals surface area (Å²) >= 11 is 2.14. The Morgan fingerprint density at radius 1 is 0.933 bits per heavy atom. The normalized spacial score (nSPS) is 30.0. The second-order valence-electron chi connectivity index (χ2n) is 5.18. The molecule has 1 N–H and O–H groups in total. The molecule has 0 aromatic rings. The molecular weight excluding hydrogens is 202 g/mol. The second-order valence-corrected chi connectivity index (χ2v) is 6.33. The first-order valence-electron chi connectivity index (χ1n) is 6.76. The van der Waals surface area contributed by atoms with Crippen molar-refractivity contribution in [3.05, 3.63) is 0 Å². The summed E-state index contributed by atoms with van der Waals surface area (Å²) in [5, 5.41) is 3.82. The first kappa shape index (κ1) is 11.8. The molecule has 2 heteroatoms. The number of hydrogen-bond donors (Lipinski definition) is 1. The van der Waals surface area contributed by atoms with Gasteiger partial charge in [-0.05, 0) is 43.2 Å². The van der Waals surface area contributed by atoms with E-state index in [0.29, 0.717) is 0 Å². The minimum Gasteiger partial charge on any atom is -0.314 e. The van der Waals surface area contributed by atoms with Gasteiger partial charge in [0.2, 0.25) is 0 Å². The minimum absolute atomic E-state index is 0.843. The Hall–Kier alpha value is 0.310. The maximum atomic E-state index is 3.82. The molecular formula is C13H25NS. The van der Waals surface area contributed by atoms with Crippen LogP contribution >= 0.6 is 11.8 Å². The highest BCUT2D eigenvalue weighted by Gasteiger charge is 2.17. The molecule has 1 unspecified atom stereocenters. The van der Waals surface area contributed by atoms with Gasteiger partial charge in [-0.2, -0.15) is 11.8 Å². The van der Waals surface area contributed by atoms with Gasteiger partial charge in [-0.15, -0.1) is 0 Å². The fourth-order valence-corrected chi connectivity index (χ4v) is 4.02. The predicted molar refractivity (Wildman–Crippen MR) is 69.5 cm³/mol. The SMILES string of the molecule is C1CCCC(NCC2CCSC2)CCC1. The molecule has 0 spiro atoms.